The van der Waals surface area contributed by atoms with Gasteiger partial charge in [0.25, 0.3) is 5.91 Å². The first kappa shape index (κ1) is 25.8. The Bertz CT molecular complexity index is 1160. The molecule has 0 bridgehead atoms. The van der Waals surface area contributed by atoms with Crippen molar-refractivity contribution in [2.24, 2.45) is 13.0 Å². The van der Waals surface area contributed by atoms with Crippen LogP contribution in [0.3, 0.4) is 0 Å². The lowest BCUT2D eigenvalue weighted by atomic mass is 10.0. The number of nitrogens with zero attached hydrogens (tertiary/aromatic N) is 3. The molecule has 9 heteroatoms. The average molecular weight is 500 g/mol. The van der Waals surface area contributed by atoms with E-state index in [9.17, 15) is 9.59 Å². The maximum Gasteiger partial charge on any atom is 0.251 e. The highest BCUT2D eigenvalue weighted by molar-refractivity contribution is 7.99. The number of rotatable bonds is 9. The molecular weight excluding hydrogens is 470 g/mol. The molecule has 0 saturated heterocycles. The van der Waals surface area contributed by atoms with E-state index in [0.29, 0.717) is 21.6 Å². The number of anilines is 1. The van der Waals surface area contributed by atoms with Crippen molar-refractivity contribution in [2.45, 2.75) is 45.3 Å². The highest BCUT2D eigenvalue weighted by atomic mass is 35.5. The lowest BCUT2D eigenvalue weighted by Gasteiger charge is -2.21. The van der Waals surface area contributed by atoms with Gasteiger partial charge in [-0.3, -0.25) is 9.59 Å². The van der Waals surface area contributed by atoms with Gasteiger partial charge in [0.05, 0.1) is 11.8 Å². The molecule has 1 heterocycles. The summed E-state index contributed by atoms with van der Waals surface area (Å²) in [5.41, 5.74) is 3.54. The van der Waals surface area contributed by atoms with E-state index < -0.39 is 0 Å². The molecule has 2 N–H and O–H groups in total. The number of nitrogens with one attached hydrogen (secondary N) is 2. The topological polar surface area (TPSA) is 88.9 Å². The van der Waals surface area contributed by atoms with Gasteiger partial charge in [0, 0.05) is 23.3 Å². The quantitative estimate of drug-likeness (QED) is 0.395. The highest BCUT2D eigenvalue weighted by Crippen LogP contribution is 2.26. The summed E-state index contributed by atoms with van der Waals surface area (Å²) < 4.78 is 1.83. The molecule has 1 atom stereocenters. The van der Waals surface area contributed by atoms with Crippen LogP contribution in [0.1, 0.15) is 54.1 Å². The predicted octanol–water partition coefficient (Wildman–Crippen LogP) is 5.20. The zero-order valence-corrected chi connectivity index (χ0v) is 21.6. The van der Waals surface area contributed by atoms with Crippen LogP contribution in [-0.2, 0) is 18.3 Å². The Morgan fingerprint density at radius 1 is 1.12 bits per heavy atom. The number of benzene rings is 2. The number of aryl methyl sites for hydroxylation is 2. The molecule has 0 radical (unpaired) electrons. The first-order valence-electron chi connectivity index (χ1n) is 11.2. The second-order valence-electron chi connectivity index (χ2n) is 8.40. The lowest BCUT2D eigenvalue weighted by Crippen LogP contribution is -2.33. The molecule has 3 rings (SSSR count). The van der Waals surface area contributed by atoms with E-state index in [-0.39, 0.29) is 29.5 Å². The fraction of sp³-hybridized carbons (Fsp3) is 0.360. The Labute approximate surface area is 209 Å². The van der Waals surface area contributed by atoms with Crippen molar-refractivity contribution in [3.63, 3.8) is 0 Å². The molecule has 180 valence electrons. The van der Waals surface area contributed by atoms with Gasteiger partial charge in [-0.25, -0.2) is 0 Å². The van der Waals surface area contributed by atoms with Crippen molar-refractivity contribution in [1.29, 1.82) is 0 Å². The zero-order chi connectivity index (χ0) is 24.8. The summed E-state index contributed by atoms with van der Waals surface area (Å²) in [5.74, 6) is 0.598. The van der Waals surface area contributed by atoms with Gasteiger partial charge in [-0.15, -0.1) is 10.2 Å². The minimum Gasteiger partial charge on any atom is -0.342 e. The van der Waals surface area contributed by atoms with Gasteiger partial charge in [0.1, 0.15) is 0 Å². The maximum atomic E-state index is 12.8. The molecule has 1 aromatic heterocycles. The maximum absolute atomic E-state index is 12.8. The SMILES string of the molecule is CCc1cccc(C)c1NC(=O)CSc1nnc([C@H](NC(=O)c2ccc(Cl)cc2)C(C)C)n1C. The van der Waals surface area contributed by atoms with E-state index >= 15 is 0 Å². The van der Waals surface area contributed by atoms with Gasteiger partial charge in [-0.2, -0.15) is 0 Å². The third-order valence-corrected chi connectivity index (χ3v) is 6.82. The minimum atomic E-state index is -0.345. The predicted molar refractivity (Wildman–Crippen MR) is 137 cm³/mol. The van der Waals surface area contributed by atoms with E-state index in [4.69, 9.17) is 11.6 Å². The van der Waals surface area contributed by atoms with E-state index in [1.807, 2.05) is 50.6 Å². The van der Waals surface area contributed by atoms with Crippen LogP contribution in [0.4, 0.5) is 5.69 Å². The monoisotopic (exact) mass is 499 g/mol. The number of halogens is 1. The van der Waals surface area contributed by atoms with Crippen LogP contribution < -0.4 is 10.6 Å². The number of hydrogen-bond acceptors (Lipinski definition) is 5. The van der Waals surface area contributed by atoms with Gasteiger partial charge in [0.2, 0.25) is 5.91 Å². The molecular formula is C25H30ClN5O2S. The first-order chi connectivity index (χ1) is 16.2. The Morgan fingerprint density at radius 3 is 2.47 bits per heavy atom. The van der Waals surface area contributed by atoms with E-state index in [1.54, 1.807) is 24.3 Å². The van der Waals surface area contributed by atoms with Gasteiger partial charge in [-0.05, 0) is 54.7 Å². The Kier molecular flexibility index (Phi) is 8.74. The lowest BCUT2D eigenvalue weighted by molar-refractivity contribution is -0.113. The standard InChI is InChI=1S/C25H30ClN5O2S/c1-6-17-9-7-8-16(4)22(17)27-20(32)14-34-25-30-29-23(31(25)5)21(15(2)3)28-24(33)18-10-12-19(26)13-11-18/h7-13,15,21H,6,14H2,1-5H3,(H,27,32)(H,28,33)/t21-/m1/s1. The van der Waals surface area contributed by atoms with Gasteiger partial charge >= 0.3 is 0 Å². The van der Waals surface area contributed by atoms with Crippen molar-refractivity contribution < 1.29 is 9.59 Å². The fourth-order valence-corrected chi connectivity index (χ4v) is 4.43. The molecule has 0 fully saturated rings. The molecule has 2 aromatic carbocycles. The van der Waals surface area contributed by atoms with Crippen molar-refractivity contribution in [2.75, 3.05) is 11.1 Å². The Balaban J connectivity index is 1.68. The van der Waals surface area contributed by atoms with E-state index in [2.05, 4.69) is 27.8 Å². The largest absolute Gasteiger partial charge is 0.342 e. The number of carbonyl (C=O) groups excluding carboxylic acids is 2. The number of hydrogen-bond donors (Lipinski definition) is 2. The summed E-state index contributed by atoms with van der Waals surface area (Å²) >= 11 is 7.24. The first-order valence-corrected chi connectivity index (χ1v) is 12.5. The minimum absolute atomic E-state index is 0.0776. The van der Waals surface area contributed by atoms with Crippen molar-refractivity contribution in [3.05, 3.63) is 70.0 Å². The number of aromatic nitrogens is 3. The summed E-state index contributed by atoms with van der Waals surface area (Å²) in [4.78, 5) is 25.4. The van der Waals surface area contributed by atoms with Crippen LogP contribution in [0.5, 0.6) is 0 Å². The van der Waals surface area contributed by atoms with Crippen LogP contribution in [0.15, 0.2) is 47.6 Å². The van der Waals surface area contributed by atoms with E-state index in [1.165, 1.54) is 11.8 Å². The fourth-order valence-electron chi connectivity index (χ4n) is 3.59. The Hall–Kier alpha value is -2.84. The zero-order valence-electron chi connectivity index (χ0n) is 20.1. The van der Waals surface area contributed by atoms with Crippen LogP contribution in [0, 0.1) is 12.8 Å². The molecule has 3 aromatic rings. The van der Waals surface area contributed by atoms with Crippen molar-refractivity contribution in [3.8, 4) is 0 Å². The average Bonchev–Trinajstić information content (AvgIpc) is 3.17. The summed E-state index contributed by atoms with van der Waals surface area (Å²) in [6.07, 6.45) is 0.843. The van der Waals surface area contributed by atoms with Crippen LogP contribution >= 0.6 is 23.4 Å². The number of amides is 2. The molecule has 0 aliphatic rings. The summed E-state index contributed by atoms with van der Waals surface area (Å²) in [6.45, 7) is 8.07. The number of carbonyl (C=O) groups is 2. The smallest absolute Gasteiger partial charge is 0.251 e. The molecule has 7 nitrogen and oxygen atoms in total. The van der Waals surface area contributed by atoms with Crippen molar-refractivity contribution >= 4 is 40.9 Å². The summed E-state index contributed by atoms with van der Waals surface area (Å²) in [7, 11) is 1.84. The normalized spacial score (nSPS) is 12.0. The summed E-state index contributed by atoms with van der Waals surface area (Å²) in [6, 6.07) is 12.4. The Morgan fingerprint density at radius 2 is 1.82 bits per heavy atom. The molecule has 0 aliphatic heterocycles. The van der Waals surface area contributed by atoms with Gasteiger partial charge in [-0.1, -0.05) is 62.3 Å². The van der Waals surface area contributed by atoms with Gasteiger partial charge < -0.3 is 15.2 Å². The molecule has 2 amide bonds. The number of thioether (sulfide) groups is 1. The second kappa shape index (κ2) is 11.5. The molecule has 0 saturated carbocycles. The highest BCUT2D eigenvalue weighted by Gasteiger charge is 2.25. The molecule has 0 unspecified atom stereocenters. The van der Waals surface area contributed by atoms with Crippen molar-refractivity contribution in [1.82, 2.24) is 20.1 Å². The van der Waals surface area contributed by atoms with E-state index in [0.717, 1.165) is 23.2 Å². The third kappa shape index (κ3) is 6.18. The van der Waals surface area contributed by atoms with Crippen LogP contribution in [-0.4, -0.2) is 32.3 Å². The molecule has 0 aliphatic carbocycles. The second-order valence-corrected chi connectivity index (χ2v) is 9.78. The van der Waals surface area contributed by atoms with Crippen LogP contribution in [0.25, 0.3) is 0 Å². The molecule has 34 heavy (non-hydrogen) atoms. The molecule has 0 spiro atoms. The van der Waals surface area contributed by atoms with Gasteiger partial charge in [0.15, 0.2) is 11.0 Å². The number of para-hydroxylation sites is 1. The summed E-state index contributed by atoms with van der Waals surface area (Å²) in [5, 5.41) is 15.9. The van der Waals surface area contributed by atoms with Crippen LogP contribution in [0.2, 0.25) is 5.02 Å². The third-order valence-electron chi connectivity index (χ3n) is 5.54.